The van der Waals surface area contributed by atoms with Gasteiger partial charge < -0.3 is 5.32 Å². The van der Waals surface area contributed by atoms with Crippen molar-refractivity contribution < 1.29 is 4.39 Å². The minimum atomic E-state index is -0.303. The van der Waals surface area contributed by atoms with E-state index in [4.69, 9.17) is 11.6 Å². The predicted molar refractivity (Wildman–Crippen MR) is 60.4 cm³/mol. The Morgan fingerprint density at radius 3 is 3.12 bits per heavy atom. The van der Waals surface area contributed by atoms with E-state index in [1.54, 1.807) is 10.5 Å². The molecule has 0 aliphatic carbocycles. The second-order valence-electron chi connectivity index (χ2n) is 4.05. The molecule has 0 amide bonds. The van der Waals surface area contributed by atoms with E-state index in [-0.39, 0.29) is 5.82 Å². The first-order valence-electron chi connectivity index (χ1n) is 5.29. The van der Waals surface area contributed by atoms with Gasteiger partial charge in [-0.1, -0.05) is 11.6 Å². The lowest BCUT2D eigenvalue weighted by atomic mass is 10.1. The first-order chi connectivity index (χ1) is 7.75. The quantitative estimate of drug-likeness (QED) is 0.827. The number of pyridine rings is 1. The van der Waals surface area contributed by atoms with Crippen LogP contribution in [-0.2, 0) is 0 Å². The Balaban J connectivity index is 2.15. The molecule has 1 saturated heterocycles. The molecule has 1 atom stereocenters. The maximum Gasteiger partial charge on any atom is 0.139 e. The zero-order chi connectivity index (χ0) is 11.1. The van der Waals surface area contributed by atoms with E-state index in [9.17, 15) is 4.39 Å². The van der Waals surface area contributed by atoms with Gasteiger partial charge in [-0.25, -0.2) is 9.37 Å². The predicted octanol–water partition coefficient (Wildman–Crippen LogP) is 2.20. The Kier molecular flexibility index (Phi) is 2.33. The number of nitrogens with zero attached hydrogens (tertiary/aromatic N) is 2. The highest BCUT2D eigenvalue weighted by atomic mass is 35.5. The number of rotatable bonds is 1. The van der Waals surface area contributed by atoms with Crippen LogP contribution in [0.3, 0.4) is 0 Å². The summed E-state index contributed by atoms with van der Waals surface area (Å²) in [6.45, 7) is 1.88. The van der Waals surface area contributed by atoms with Crippen molar-refractivity contribution in [3.05, 3.63) is 35.0 Å². The molecule has 2 aromatic rings. The van der Waals surface area contributed by atoms with Gasteiger partial charge in [0.25, 0.3) is 0 Å². The molecule has 16 heavy (non-hydrogen) atoms. The van der Waals surface area contributed by atoms with Crippen LogP contribution in [0.25, 0.3) is 5.65 Å². The van der Waals surface area contributed by atoms with Gasteiger partial charge in [-0.3, -0.25) is 4.40 Å². The Morgan fingerprint density at radius 2 is 2.38 bits per heavy atom. The number of halogens is 2. The van der Waals surface area contributed by atoms with Crippen LogP contribution in [0.5, 0.6) is 0 Å². The molecule has 3 heterocycles. The normalized spacial score (nSPS) is 20.8. The van der Waals surface area contributed by atoms with Gasteiger partial charge in [-0.05, 0) is 25.1 Å². The van der Waals surface area contributed by atoms with Gasteiger partial charge in [0.15, 0.2) is 0 Å². The molecule has 3 rings (SSSR count). The van der Waals surface area contributed by atoms with Crippen LogP contribution in [0, 0.1) is 5.82 Å². The first-order valence-corrected chi connectivity index (χ1v) is 5.67. The molecule has 1 aliphatic heterocycles. The molecule has 1 unspecified atom stereocenters. The van der Waals surface area contributed by atoms with Crippen molar-refractivity contribution in [3.63, 3.8) is 0 Å². The second kappa shape index (κ2) is 3.71. The second-order valence-corrected chi connectivity index (χ2v) is 4.41. The maximum atomic E-state index is 13.1. The highest BCUT2D eigenvalue weighted by Gasteiger charge is 2.23. The van der Waals surface area contributed by atoms with Gasteiger partial charge in [0.2, 0.25) is 0 Å². The van der Waals surface area contributed by atoms with E-state index in [1.807, 2.05) is 0 Å². The van der Waals surface area contributed by atoms with Gasteiger partial charge in [0.05, 0.1) is 5.69 Å². The number of imidazole rings is 1. The van der Waals surface area contributed by atoms with Gasteiger partial charge in [-0.15, -0.1) is 0 Å². The van der Waals surface area contributed by atoms with E-state index in [0.717, 1.165) is 25.2 Å². The Morgan fingerprint density at radius 1 is 1.50 bits per heavy atom. The number of hydrogen-bond acceptors (Lipinski definition) is 2. The molecule has 1 fully saturated rings. The van der Waals surface area contributed by atoms with Crippen molar-refractivity contribution in [2.24, 2.45) is 0 Å². The van der Waals surface area contributed by atoms with Crippen LogP contribution in [-0.4, -0.2) is 22.5 Å². The summed E-state index contributed by atoms with van der Waals surface area (Å²) in [5.41, 5.74) is 1.57. The fourth-order valence-electron chi connectivity index (χ4n) is 2.16. The van der Waals surface area contributed by atoms with Crippen molar-refractivity contribution in [1.82, 2.24) is 14.7 Å². The summed E-state index contributed by atoms with van der Waals surface area (Å²) in [7, 11) is 0. The van der Waals surface area contributed by atoms with E-state index in [1.165, 1.54) is 12.3 Å². The van der Waals surface area contributed by atoms with E-state index >= 15 is 0 Å². The summed E-state index contributed by atoms with van der Waals surface area (Å²) in [4.78, 5) is 4.46. The van der Waals surface area contributed by atoms with Crippen LogP contribution in [0.15, 0.2) is 18.3 Å². The fraction of sp³-hybridized carbons (Fsp3) is 0.364. The van der Waals surface area contributed by atoms with Gasteiger partial charge in [0.1, 0.15) is 16.6 Å². The fourth-order valence-corrected chi connectivity index (χ4v) is 2.49. The molecule has 1 aliphatic rings. The van der Waals surface area contributed by atoms with Crippen molar-refractivity contribution in [1.29, 1.82) is 0 Å². The third-order valence-electron chi connectivity index (χ3n) is 3.00. The molecule has 1 N–H and O–H groups in total. The number of aromatic nitrogens is 2. The molecule has 0 spiro atoms. The Labute approximate surface area is 97.2 Å². The molecule has 84 valence electrons. The molecule has 0 radical (unpaired) electrons. The highest BCUT2D eigenvalue weighted by molar-refractivity contribution is 6.30. The van der Waals surface area contributed by atoms with Crippen LogP contribution in [0.2, 0.25) is 5.15 Å². The summed E-state index contributed by atoms with van der Waals surface area (Å²) in [6.07, 6.45) is 2.41. The average Bonchev–Trinajstić information content (AvgIpc) is 2.87. The third-order valence-corrected chi connectivity index (χ3v) is 3.37. The number of nitrogens with one attached hydrogen (secondary N) is 1. The molecular formula is C11H11ClFN3. The minimum absolute atomic E-state index is 0.303. The molecular weight excluding hydrogens is 229 g/mol. The van der Waals surface area contributed by atoms with E-state index < -0.39 is 0 Å². The Hall–Kier alpha value is -1.13. The molecule has 0 saturated carbocycles. The van der Waals surface area contributed by atoms with Crippen LogP contribution in [0.4, 0.5) is 4.39 Å². The topological polar surface area (TPSA) is 29.3 Å². The first kappa shape index (κ1) is 10.1. The zero-order valence-corrected chi connectivity index (χ0v) is 9.34. The van der Waals surface area contributed by atoms with Crippen molar-refractivity contribution >= 4 is 17.2 Å². The van der Waals surface area contributed by atoms with Gasteiger partial charge in [0, 0.05) is 18.7 Å². The zero-order valence-electron chi connectivity index (χ0n) is 8.58. The third kappa shape index (κ3) is 1.49. The summed E-state index contributed by atoms with van der Waals surface area (Å²) < 4.78 is 14.7. The van der Waals surface area contributed by atoms with E-state index in [0.29, 0.717) is 16.7 Å². The standard InChI is InChI=1S/C11H11ClFN3/c12-11-10(7-3-4-14-5-7)15-9-2-1-8(13)6-16(9)11/h1-2,6-7,14H,3-5H2. The SMILES string of the molecule is Fc1ccc2nc(C3CCNC3)c(Cl)n2c1. The number of hydrogen-bond donors (Lipinski definition) is 1. The molecule has 0 bridgehead atoms. The molecule has 2 aromatic heterocycles. The van der Waals surface area contributed by atoms with Crippen molar-refractivity contribution in [2.45, 2.75) is 12.3 Å². The lowest BCUT2D eigenvalue weighted by Crippen LogP contribution is -2.08. The van der Waals surface area contributed by atoms with E-state index in [2.05, 4.69) is 10.3 Å². The monoisotopic (exact) mass is 239 g/mol. The Bertz CT molecular complexity index is 531. The summed E-state index contributed by atoms with van der Waals surface area (Å²) in [5.74, 6) is 0.0401. The number of fused-ring (bicyclic) bond motifs is 1. The summed E-state index contributed by atoms with van der Waals surface area (Å²) >= 11 is 6.22. The van der Waals surface area contributed by atoms with Crippen molar-refractivity contribution in [2.75, 3.05) is 13.1 Å². The van der Waals surface area contributed by atoms with Crippen LogP contribution in [0.1, 0.15) is 18.0 Å². The minimum Gasteiger partial charge on any atom is -0.316 e. The van der Waals surface area contributed by atoms with Crippen LogP contribution < -0.4 is 5.32 Å². The van der Waals surface area contributed by atoms with Gasteiger partial charge >= 0.3 is 0 Å². The van der Waals surface area contributed by atoms with Crippen LogP contribution >= 0.6 is 11.6 Å². The average molecular weight is 240 g/mol. The summed E-state index contributed by atoms with van der Waals surface area (Å²) in [5, 5.41) is 3.80. The smallest absolute Gasteiger partial charge is 0.139 e. The highest BCUT2D eigenvalue weighted by Crippen LogP contribution is 2.29. The molecule has 5 heteroatoms. The lowest BCUT2D eigenvalue weighted by molar-refractivity contribution is 0.619. The lowest BCUT2D eigenvalue weighted by Gasteiger charge is -2.03. The van der Waals surface area contributed by atoms with Crippen molar-refractivity contribution in [3.8, 4) is 0 Å². The largest absolute Gasteiger partial charge is 0.316 e. The molecule has 3 nitrogen and oxygen atoms in total. The van der Waals surface area contributed by atoms with Gasteiger partial charge in [-0.2, -0.15) is 0 Å². The maximum absolute atomic E-state index is 13.1. The molecule has 0 aromatic carbocycles. The summed E-state index contributed by atoms with van der Waals surface area (Å²) in [6, 6.07) is 3.04.